The second-order valence-electron chi connectivity index (χ2n) is 8.56. The largest absolute Gasteiger partial charge is 0.482 e. The topological polar surface area (TPSA) is 67.9 Å². The molecule has 36 heavy (non-hydrogen) atoms. The Balaban J connectivity index is 1.61. The normalized spacial score (nSPS) is 15.8. The van der Waals surface area contributed by atoms with Crippen LogP contribution in [0.5, 0.6) is 5.75 Å². The molecule has 188 valence electrons. The monoisotopic (exact) mass is 526 g/mol. The van der Waals surface area contributed by atoms with Gasteiger partial charge in [0.05, 0.1) is 11.1 Å². The second kappa shape index (κ2) is 12.8. The molecular weight excluding hydrogens is 499 g/mol. The summed E-state index contributed by atoms with van der Waals surface area (Å²) in [6.07, 6.45) is 1.85. The molecule has 3 aromatic carbocycles. The Morgan fingerprint density at radius 2 is 1.72 bits per heavy atom. The zero-order valence-electron chi connectivity index (χ0n) is 19.7. The van der Waals surface area contributed by atoms with Gasteiger partial charge in [0, 0.05) is 24.7 Å². The first-order valence-corrected chi connectivity index (χ1v) is 12.6. The number of nitrogens with zero attached hydrogens (tertiary/aromatic N) is 1. The maximum atomic E-state index is 13.6. The lowest BCUT2D eigenvalue weighted by atomic mass is 10.0. The van der Waals surface area contributed by atoms with Crippen molar-refractivity contribution in [3.8, 4) is 5.75 Å². The van der Waals surface area contributed by atoms with Crippen LogP contribution in [0.4, 0.5) is 0 Å². The van der Waals surface area contributed by atoms with Gasteiger partial charge in [-0.25, -0.2) is 0 Å². The van der Waals surface area contributed by atoms with Crippen LogP contribution in [-0.4, -0.2) is 42.6 Å². The lowest BCUT2D eigenvalue weighted by Crippen LogP contribution is -2.46. The van der Waals surface area contributed by atoms with E-state index in [2.05, 4.69) is 5.32 Å². The maximum absolute atomic E-state index is 13.6. The van der Waals surface area contributed by atoms with Crippen molar-refractivity contribution < 1.29 is 19.1 Å². The van der Waals surface area contributed by atoms with E-state index in [1.807, 2.05) is 42.5 Å². The third-order valence-corrected chi connectivity index (χ3v) is 6.54. The molecule has 0 aromatic heterocycles. The van der Waals surface area contributed by atoms with Crippen LogP contribution in [0.25, 0.3) is 0 Å². The van der Waals surface area contributed by atoms with E-state index < -0.39 is 6.04 Å². The van der Waals surface area contributed by atoms with Gasteiger partial charge in [-0.15, -0.1) is 0 Å². The Morgan fingerprint density at radius 1 is 1.00 bits per heavy atom. The van der Waals surface area contributed by atoms with E-state index in [1.54, 1.807) is 36.4 Å². The molecule has 1 heterocycles. The molecule has 3 aromatic rings. The molecule has 0 bridgehead atoms. The minimum atomic E-state index is -0.870. The SMILES string of the molecule is O=C(NC[C@H]1CCCO1)[C@H](c1ccccc1)N(Cc1ccc(Cl)cc1)C(=O)COc1ccccc1Cl. The highest BCUT2D eigenvalue weighted by molar-refractivity contribution is 6.32. The van der Waals surface area contributed by atoms with E-state index in [-0.39, 0.29) is 31.1 Å². The van der Waals surface area contributed by atoms with Crippen LogP contribution in [0.2, 0.25) is 10.0 Å². The smallest absolute Gasteiger partial charge is 0.261 e. The van der Waals surface area contributed by atoms with Crippen molar-refractivity contribution in [2.75, 3.05) is 19.8 Å². The Labute approximate surface area is 221 Å². The summed E-state index contributed by atoms with van der Waals surface area (Å²) in [6.45, 7) is 0.999. The first-order valence-electron chi connectivity index (χ1n) is 11.9. The third-order valence-electron chi connectivity index (χ3n) is 5.98. The van der Waals surface area contributed by atoms with Gasteiger partial charge in [0.1, 0.15) is 11.8 Å². The van der Waals surface area contributed by atoms with Gasteiger partial charge in [-0.1, -0.05) is 77.8 Å². The fourth-order valence-corrected chi connectivity index (χ4v) is 4.44. The first-order chi connectivity index (χ1) is 17.5. The van der Waals surface area contributed by atoms with E-state index in [0.29, 0.717) is 34.5 Å². The predicted octanol–water partition coefficient (Wildman–Crippen LogP) is 5.44. The molecular formula is C28H28Cl2N2O4. The summed E-state index contributed by atoms with van der Waals surface area (Å²) in [4.78, 5) is 28.7. The predicted molar refractivity (Wildman–Crippen MR) is 140 cm³/mol. The van der Waals surface area contributed by atoms with Crippen LogP contribution >= 0.6 is 23.2 Å². The Kier molecular flexibility index (Phi) is 9.23. The quantitative estimate of drug-likeness (QED) is 0.382. The van der Waals surface area contributed by atoms with Crippen LogP contribution in [0.1, 0.15) is 30.0 Å². The molecule has 1 saturated heterocycles. The van der Waals surface area contributed by atoms with Gasteiger partial charge < -0.3 is 19.7 Å². The van der Waals surface area contributed by atoms with E-state index in [0.717, 1.165) is 18.4 Å². The van der Waals surface area contributed by atoms with Crippen molar-refractivity contribution in [2.45, 2.75) is 31.5 Å². The molecule has 0 spiro atoms. The van der Waals surface area contributed by atoms with Crippen molar-refractivity contribution >= 4 is 35.0 Å². The van der Waals surface area contributed by atoms with Gasteiger partial charge in [0.2, 0.25) is 5.91 Å². The number of carbonyl (C=O) groups is 2. The standard InChI is InChI=1S/C28H28Cl2N2O4/c29-22-14-12-20(13-15-22)18-32(26(33)19-36-25-11-5-4-10-24(25)30)27(21-7-2-1-3-8-21)28(34)31-17-23-9-6-16-35-23/h1-5,7-8,10-15,23,27H,6,9,16-19H2,(H,31,34)/t23-,27+/m1/s1. The molecule has 1 aliphatic heterocycles. The minimum absolute atomic E-state index is 0.0191. The number of hydrogen-bond donors (Lipinski definition) is 1. The molecule has 0 aliphatic carbocycles. The zero-order valence-corrected chi connectivity index (χ0v) is 21.3. The zero-order chi connectivity index (χ0) is 25.3. The maximum Gasteiger partial charge on any atom is 0.261 e. The van der Waals surface area contributed by atoms with Gasteiger partial charge in [-0.05, 0) is 48.2 Å². The molecule has 1 aliphatic rings. The van der Waals surface area contributed by atoms with Crippen molar-refractivity contribution in [3.05, 3.63) is 100 Å². The highest BCUT2D eigenvalue weighted by atomic mass is 35.5. The van der Waals surface area contributed by atoms with Gasteiger partial charge >= 0.3 is 0 Å². The van der Waals surface area contributed by atoms with Crippen LogP contribution in [-0.2, 0) is 20.9 Å². The second-order valence-corrected chi connectivity index (χ2v) is 9.40. The molecule has 2 atom stereocenters. The number of halogens is 2. The molecule has 8 heteroatoms. The summed E-state index contributed by atoms with van der Waals surface area (Å²) in [6, 6.07) is 22.5. The summed E-state index contributed by atoms with van der Waals surface area (Å²) in [5.74, 6) is -0.235. The molecule has 0 radical (unpaired) electrons. The molecule has 4 rings (SSSR count). The van der Waals surface area contributed by atoms with Crippen LogP contribution < -0.4 is 10.1 Å². The van der Waals surface area contributed by atoms with Crippen LogP contribution in [0.3, 0.4) is 0 Å². The number of rotatable bonds is 10. The van der Waals surface area contributed by atoms with Gasteiger partial charge in [0.25, 0.3) is 5.91 Å². The fraction of sp³-hybridized carbons (Fsp3) is 0.286. The lowest BCUT2D eigenvalue weighted by Gasteiger charge is -2.32. The summed E-state index contributed by atoms with van der Waals surface area (Å²) in [5.41, 5.74) is 1.53. The van der Waals surface area contributed by atoms with E-state index in [4.69, 9.17) is 32.7 Å². The van der Waals surface area contributed by atoms with E-state index >= 15 is 0 Å². The number of carbonyl (C=O) groups excluding carboxylic acids is 2. The number of nitrogens with one attached hydrogen (secondary N) is 1. The van der Waals surface area contributed by atoms with Crippen LogP contribution in [0.15, 0.2) is 78.9 Å². The molecule has 6 nitrogen and oxygen atoms in total. The van der Waals surface area contributed by atoms with E-state index in [1.165, 1.54) is 4.90 Å². The van der Waals surface area contributed by atoms with Crippen molar-refractivity contribution in [1.29, 1.82) is 0 Å². The van der Waals surface area contributed by atoms with Crippen molar-refractivity contribution in [3.63, 3.8) is 0 Å². The summed E-state index contributed by atoms with van der Waals surface area (Å²) in [7, 11) is 0. The van der Waals surface area contributed by atoms with Gasteiger partial charge in [-0.2, -0.15) is 0 Å². The summed E-state index contributed by atoms with van der Waals surface area (Å²) in [5, 5.41) is 3.99. The van der Waals surface area contributed by atoms with Gasteiger partial charge in [0.15, 0.2) is 6.61 Å². The van der Waals surface area contributed by atoms with Crippen LogP contribution in [0, 0.1) is 0 Å². The average Bonchev–Trinajstić information content (AvgIpc) is 3.42. The Bertz CT molecular complexity index is 1150. The Morgan fingerprint density at radius 3 is 2.42 bits per heavy atom. The summed E-state index contributed by atoms with van der Waals surface area (Å²) >= 11 is 12.3. The number of benzene rings is 3. The number of amides is 2. The molecule has 0 unspecified atom stereocenters. The molecule has 1 N–H and O–H groups in total. The average molecular weight is 527 g/mol. The number of hydrogen-bond acceptors (Lipinski definition) is 4. The minimum Gasteiger partial charge on any atom is -0.482 e. The first kappa shape index (κ1) is 26.0. The van der Waals surface area contributed by atoms with Crippen molar-refractivity contribution in [2.24, 2.45) is 0 Å². The fourth-order valence-electron chi connectivity index (χ4n) is 4.12. The van der Waals surface area contributed by atoms with Gasteiger partial charge in [-0.3, -0.25) is 9.59 Å². The highest BCUT2D eigenvalue weighted by Gasteiger charge is 2.32. The highest BCUT2D eigenvalue weighted by Crippen LogP contribution is 2.27. The number of para-hydroxylation sites is 1. The Hall–Kier alpha value is -3.06. The lowest BCUT2D eigenvalue weighted by molar-refractivity contribution is -0.143. The molecule has 0 saturated carbocycles. The van der Waals surface area contributed by atoms with E-state index in [9.17, 15) is 9.59 Å². The van der Waals surface area contributed by atoms with Crippen molar-refractivity contribution in [1.82, 2.24) is 10.2 Å². The molecule has 2 amide bonds. The number of ether oxygens (including phenoxy) is 2. The third kappa shape index (κ3) is 7.00. The molecule has 1 fully saturated rings. The summed E-state index contributed by atoms with van der Waals surface area (Å²) < 4.78 is 11.4.